The molecule has 1 atom stereocenters. The van der Waals surface area contributed by atoms with Gasteiger partial charge in [0.2, 0.25) is 5.75 Å². The molecule has 0 aliphatic carbocycles. The second-order valence-corrected chi connectivity index (χ2v) is 8.12. The van der Waals surface area contributed by atoms with Crippen molar-refractivity contribution in [1.82, 2.24) is 19.7 Å². The van der Waals surface area contributed by atoms with Crippen LogP contribution >= 0.6 is 15.9 Å². The molecule has 0 aliphatic rings. The van der Waals surface area contributed by atoms with Crippen molar-refractivity contribution in [2.24, 2.45) is 0 Å². The number of halogens is 2. The van der Waals surface area contributed by atoms with Crippen molar-refractivity contribution >= 4 is 21.7 Å². The maximum atomic E-state index is 14.3. The van der Waals surface area contributed by atoms with Gasteiger partial charge in [-0.1, -0.05) is 0 Å². The second-order valence-electron chi connectivity index (χ2n) is 7.21. The standard InChI is InChI=1S/C23H19BrFN5O4/c1-3-29-13-17(12-28-29)34-20-5-4-8-26-22(20)18-7-6-16(25)10-19(18)14(2)33-21-9-15(24)11-27-23(21)30(31)32/h4-14H,3H2,1-2H3/t14-/m1/s1. The summed E-state index contributed by atoms with van der Waals surface area (Å²) in [6.07, 6.45) is 5.48. The largest absolute Gasteiger partial charge is 0.478 e. The lowest BCUT2D eigenvalue weighted by Gasteiger charge is -2.19. The molecule has 0 unspecified atom stereocenters. The Morgan fingerprint density at radius 2 is 2.03 bits per heavy atom. The Morgan fingerprint density at radius 3 is 2.76 bits per heavy atom. The molecule has 9 nitrogen and oxygen atoms in total. The van der Waals surface area contributed by atoms with E-state index in [2.05, 4.69) is 31.0 Å². The molecule has 1 aromatic carbocycles. The van der Waals surface area contributed by atoms with Crippen LogP contribution in [-0.4, -0.2) is 24.7 Å². The van der Waals surface area contributed by atoms with Gasteiger partial charge in [-0.2, -0.15) is 5.10 Å². The first-order valence-electron chi connectivity index (χ1n) is 10.3. The van der Waals surface area contributed by atoms with Crippen molar-refractivity contribution in [2.75, 3.05) is 0 Å². The molecule has 0 aliphatic heterocycles. The zero-order valence-corrected chi connectivity index (χ0v) is 19.8. The van der Waals surface area contributed by atoms with Crippen LogP contribution < -0.4 is 9.47 Å². The Hall–Kier alpha value is -3.86. The van der Waals surface area contributed by atoms with Crippen molar-refractivity contribution in [3.05, 3.63) is 87.2 Å². The van der Waals surface area contributed by atoms with E-state index in [1.165, 1.54) is 24.4 Å². The van der Waals surface area contributed by atoms with Gasteiger partial charge in [0.15, 0.2) is 17.7 Å². The predicted octanol–water partition coefficient (Wildman–Crippen LogP) is 6.10. The number of hydrogen-bond donors (Lipinski definition) is 0. The Kier molecular flexibility index (Phi) is 6.82. The molecule has 0 bridgehead atoms. The molecule has 0 radical (unpaired) electrons. The van der Waals surface area contributed by atoms with Crippen LogP contribution in [0.1, 0.15) is 25.5 Å². The normalized spacial score (nSPS) is 11.8. The summed E-state index contributed by atoms with van der Waals surface area (Å²) in [5.74, 6) is -0.0127. The quantitative estimate of drug-likeness (QED) is 0.201. The average molecular weight is 528 g/mol. The maximum absolute atomic E-state index is 14.3. The lowest BCUT2D eigenvalue weighted by atomic mass is 9.99. The highest BCUT2D eigenvalue weighted by Crippen LogP contribution is 2.38. The summed E-state index contributed by atoms with van der Waals surface area (Å²) in [6, 6.07) is 9.10. The predicted molar refractivity (Wildman–Crippen MR) is 125 cm³/mol. The van der Waals surface area contributed by atoms with Gasteiger partial charge in [-0.25, -0.2) is 4.39 Å². The summed E-state index contributed by atoms with van der Waals surface area (Å²) in [7, 11) is 0. The van der Waals surface area contributed by atoms with Crippen molar-refractivity contribution in [3.8, 4) is 28.5 Å². The lowest BCUT2D eigenvalue weighted by molar-refractivity contribution is -0.390. The van der Waals surface area contributed by atoms with E-state index in [-0.39, 0.29) is 5.75 Å². The summed E-state index contributed by atoms with van der Waals surface area (Å²) in [4.78, 5) is 19.0. The Balaban J connectivity index is 1.73. The van der Waals surface area contributed by atoms with Gasteiger partial charge >= 0.3 is 5.82 Å². The number of aromatic nitrogens is 4. The highest BCUT2D eigenvalue weighted by molar-refractivity contribution is 9.10. The summed E-state index contributed by atoms with van der Waals surface area (Å²) in [6.45, 7) is 4.32. The molecule has 3 aromatic heterocycles. The monoisotopic (exact) mass is 527 g/mol. The molecule has 4 rings (SSSR count). The van der Waals surface area contributed by atoms with Crippen LogP contribution in [0.2, 0.25) is 0 Å². The summed E-state index contributed by atoms with van der Waals surface area (Å²) in [5, 5.41) is 15.6. The van der Waals surface area contributed by atoms with Gasteiger partial charge in [-0.05, 0) is 70.0 Å². The van der Waals surface area contributed by atoms with E-state index in [0.717, 1.165) is 0 Å². The number of ether oxygens (including phenoxy) is 2. The van der Waals surface area contributed by atoms with Gasteiger partial charge in [-0.15, -0.1) is 0 Å². The first-order chi connectivity index (χ1) is 16.4. The summed E-state index contributed by atoms with van der Waals surface area (Å²) < 4.78 is 28.4. The van der Waals surface area contributed by atoms with Crippen LogP contribution in [0.4, 0.5) is 10.2 Å². The van der Waals surface area contributed by atoms with Gasteiger partial charge in [0.25, 0.3) is 0 Å². The third-order valence-electron chi connectivity index (χ3n) is 4.91. The van der Waals surface area contributed by atoms with E-state index in [4.69, 9.17) is 9.47 Å². The summed E-state index contributed by atoms with van der Waals surface area (Å²) in [5.41, 5.74) is 1.44. The number of nitrogens with zero attached hydrogens (tertiary/aromatic N) is 5. The van der Waals surface area contributed by atoms with Crippen molar-refractivity contribution < 1.29 is 18.8 Å². The van der Waals surface area contributed by atoms with E-state index in [1.54, 1.807) is 48.4 Å². The molecule has 0 fully saturated rings. The van der Waals surface area contributed by atoms with E-state index < -0.39 is 22.7 Å². The number of hydrogen-bond acceptors (Lipinski definition) is 7. The van der Waals surface area contributed by atoms with Gasteiger partial charge in [-0.3, -0.25) is 9.67 Å². The number of benzene rings is 1. The smallest absolute Gasteiger partial charge is 0.406 e. The SMILES string of the molecule is CCn1cc(Oc2cccnc2-c2ccc(F)cc2[C@@H](C)Oc2cc(Br)cnc2[N+](=O)[O-])cn1. The third-order valence-corrected chi connectivity index (χ3v) is 5.35. The Bertz CT molecular complexity index is 1350. The first-order valence-corrected chi connectivity index (χ1v) is 11.1. The van der Waals surface area contributed by atoms with Crippen LogP contribution in [0.25, 0.3) is 11.3 Å². The van der Waals surface area contributed by atoms with Crippen LogP contribution in [0.5, 0.6) is 17.2 Å². The third kappa shape index (κ3) is 5.04. The van der Waals surface area contributed by atoms with E-state index in [0.29, 0.717) is 39.3 Å². The fourth-order valence-corrected chi connectivity index (χ4v) is 3.66. The highest BCUT2D eigenvalue weighted by atomic mass is 79.9. The molecular weight excluding hydrogens is 509 g/mol. The lowest BCUT2D eigenvalue weighted by Crippen LogP contribution is -2.08. The molecule has 0 amide bonds. The average Bonchev–Trinajstić information content (AvgIpc) is 3.27. The van der Waals surface area contributed by atoms with Crippen molar-refractivity contribution in [2.45, 2.75) is 26.5 Å². The molecule has 11 heteroatoms. The van der Waals surface area contributed by atoms with Gasteiger partial charge < -0.3 is 19.6 Å². The highest BCUT2D eigenvalue weighted by Gasteiger charge is 2.24. The molecule has 34 heavy (non-hydrogen) atoms. The van der Waals surface area contributed by atoms with E-state index in [1.807, 2.05) is 6.92 Å². The minimum Gasteiger partial charge on any atom is -0.478 e. The topological polar surface area (TPSA) is 105 Å². The fraction of sp³-hybridized carbons (Fsp3) is 0.174. The van der Waals surface area contributed by atoms with E-state index in [9.17, 15) is 14.5 Å². The molecule has 0 saturated carbocycles. The minimum absolute atomic E-state index is 0.0495. The van der Waals surface area contributed by atoms with Crippen molar-refractivity contribution in [1.29, 1.82) is 0 Å². The molecule has 0 spiro atoms. The van der Waals surface area contributed by atoms with Crippen LogP contribution in [0.3, 0.4) is 0 Å². The molecule has 0 saturated heterocycles. The summed E-state index contributed by atoms with van der Waals surface area (Å²) >= 11 is 3.24. The van der Waals surface area contributed by atoms with E-state index >= 15 is 0 Å². The molecule has 3 heterocycles. The number of pyridine rings is 2. The zero-order valence-electron chi connectivity index (χ0n) is 18.2. The van der Waals surface area contributed by atoms with Crippen LogP contribution in [0, 0.1) is 15.9 Å². The van der Waals surface area contributed by atoms with Gasteiger partial charge in [0.1, 0.15) is 17.6 Å². The first kappa shape index (κ1) is 23.3. The Labute approximate surface area is 202 Å². The maximum Gasteiger partial charge on any atom is 0.406 e. The number of nitro groups is 1. The van der Waals surface area contributed by atoms with Crippen molar-refractivity contribution in [3.63, 3.8) is 0 Å². The zero-order chi connectivity index (χ0) is 24.2. The number of aryl methyl sites for hydroxylation is 1. The molecule has 174 valence electrons. The number of rotatable bonds is 8. The second kappa shape index (κ2) is 9.96. The van der Waals surface area contributed by atoms with Gasteiger partial charge in [0.05, 0.1) is 16.9 Å². The van der Waals surface area contributed by atoms with Crippen LogP contribution in [0.15, 0.2) is 65.7 Å². The molecule has 4 aromatic rings. The molecular formula is C23H19BrFN5O4. The fourth-order valence-electron chi connectivity index (χ4n) is 3.35. The Morgan fingerprint density at radius 1 is 1.21 bits per heavy atom. The van der Waals surface area contributed by atoms with Crippen LogP contribution in [-0.2, 0) is 6.54 Å². The molecule has 0 N–H and O–H groups in total. The minimum atomic E-state index is -0.779. The van der Waals surface area contributed by atoms with Gasteiger partial charge in [0, 0.05) is 29.9 Å².